The van der Waals surface area contributed by atoms with Crippen molar-refractivity contribution in [2.24, 2.45) is 0 Å². The minimum absolute atomic E-state index is 0. The SMILES string of the molecule is CCCCCCc1ccc(CCCCCC)c(OC(CC)CS(=O)(=O)[O-])c1.[Na+]. The van der Waals surface area contributed by atoms with Crippen LogP contribution < -0.4 is 34.3 Å². The van der Waals surface area contributed by atoms with E-state index in [-0.39, 0.29) is 29.6 Å². The summed E-state index contributed by atoms with van der Waals surface area (Å²) in [6, 6.07) is 6.34. The van der Waals surface area contributed by atoms with Gasteiger partial charge in [0.1, 0.15) is 11.9 Å². The third-order valence-electron chi connectivity index (χ3n) is 4.89. The summed E-state index contributed by atoms with van der Waals surface area (Å²) >= 11 is 0. The molecule has 28 heavy (non-hydrogen) atoms. The Morgan fingerprint density at radius 1 is 0.929 bits per heavy atom. The zero-order chi connectivity index (χ0) is 20.1. The summed E-state index contributed by atoms with van der Waals surface area (Å²) in [5, 5.41) is 0. The predicted molar refractivity (Wildman–Crippen MR) is 111 cm³/mol. The van der Waals surface area contributed by atoms with Crippen LogP contribution in [0.3, 0.4) is 0 Å². The van der Waals surface area contributed by atoms with E-state index in [0.29, 0.717) is 6.42 Å². The van der Waals surface area contributed by atoms with Crippen LogP contribution in [-0.4, -0.2) is 24.8 Å². The second-order valence-electron chi connectivity index (χ2n) is 7.44. The first-order valence-corrected chi connectivity index (χ1v) is 12.2. The van der Waals surface area contributed by atoms with Crippen molar-refractivity contribution >= 4 is 10.1 Å². The number of aryl methyl sites for hydroxylation is 2. The summed E-state index contributed by atoms with van der Waals surface area (Å²) in [6.07, 6.45) is 11.4. The van der Waals surface area contributed by atoms with Gasteiger partial charge in [0.2, 0.25) is 0 Å². The Morgan fingerprint density at radius 3 is 2.07 bits per heavy atom. The fraction of sp³-hybridized carbons (Fsp3) is 0.727. The molecule has 0 saturated heterocycles. The van der Waals surface area contributed by atoms with Crippen LogP contribution in [0.4, 0.5) is 0 Å². The molecule has 1 aromatic rings. The Balaban J connectivity index is 0.00000729. The third-order valence-corrected chi connectivity index (χ3v) is 5.67. The molecule has 0 aromatic heterocycles. The van der Waals surface area contributed by atoms with Crippen LogP contribution in [0.5, 0.6) is 5.75 Å². The molecule has 156 valence electrons. The minimum Gasteiger partial charge on any atom is -0.748 e. The van der Waals surface area contributed by atoms with Crippen molar-refractivity contribution in [3.05, 3.63) is 29.3 Å². The van der Waals surface area contributed by atoms with Crippen LogP contribution in [0, 0.1) is 0 Å². The van der Waals surface area contributed by atoms with Gasteiger partial charge in [0.15, 0.2) is 0 Å². The van der Waals surface area contributed by atoms with Crippen molar-refractivity contribution < 1.29 is 47.3 Å². The van der Waals surface area contributed by atoms with Gasteiger partial charge in [0.25, 0.3) is 0 Å². The van der Waals surface area contributed by atoms with Gasteiger partial charge in [0.05, 0.1) is 15.9 Å². The molecule has 0 radical (unpaired) electrons. The van der Waals surface area contributed by atoms with E-state index >= 15 is 0 Å². The van der Waals surface area contributed by atoms with Crippen LogP contribution in [0.15, 0.2) is 18.2 Å². The summed E-state index contributed by atoms with van der Waals surface area (Å²) in [6.45, 7) is 6.25. The molecule has 0 amide bonds. The number of hydrogen-bond acceptors (Lipinski definition) is 4. The molecule has 0 fully saturated rings. The van der Waals surface area contributed by atoms with Gasteiger partial charge in [-0.15, -0.1) is 0 Å². The van der Waals surface area contributed by atoms with Gasteiger partial charge in [-0.25, -0.2) is 8.42 Å². The largest absolute Gasteiger partial charge is 1.00 e. The van der Waals surface area contributed by atoms with Gasteiger partial charge in [-0.3, -0.25) is 0 Å². The molecular weight excluding hydrogens is 383 g/mol. The number of unbranched alkanes of at least 4 members (excludes halogenated alkanes) is 6. The summed E-state index contributed by atoms with van der Waals surface area (Å²) < 4.78 is 39.5. The monoisotopic (exact) mass is 420 g/mol. The van der Waals surface area contributed by atoms with Crippen molar-refractivity contribution in [1.82, 2.24) is 0 Å². The Morgan fingerprint density at radius 2 is 1.54 bits per heavy atom. The molecule has 6 heteroatoms. The van der Waals surface area contributed by atoms with E-state index < -0.39 is 22.0 Å². The smallest absolute Gasteiger partial charge is 0.748 e. The van der Waals surface area contributed by atoms with Crippen LogP contribution in [0.1, 0.15) is 89.7 Å². The topological polar surface area (TPSA) is 66.4 Å². The first kappa shape index (κ1) is 27.9. The van der Waals surface area contributed by atoms with Gasteiger partial charge in [-0.2, -0.15) is 0 Å². The molecule has 0 heterocycles. The Labute approximate surface area is 194 Å². The summed E-state index contributed by atoms with van der Waals surface area (Å²) in [4.78, 5) is 0. The van der Waals surface area contributed by atoms with Crippen LogP contribution in [0.25, 0.3) is 0 Å². The van der Waals surface area contributed by atoms with E-state index in [2.05, 4.69) is 32.0 Å². The van der Waals surface area contributed by atoms with E-state index in [1.54, 1.807) is 0 Å². The number of benzene rings is 1. The molecule has 0 saturated carbocycles. The normalized spacial score (nSPS) is 12.4. The molecule has 0 aliphatic carbocycles. The van der Waals surface area contributed by atoms with E-state index in [9.17, 15) is 13.0 Å². The molecule has 1 aromatic carbocycles. The van der Waals surface area contributed by atoms with Crippen LogP contribution in [-0.2, 0) is 23.0 Å². The van der Waals surface area contributed by atoms with Crippen molar-refractivity contribution in [1.29, 1.82) is 0 Å². The number of hydrogen-bond donors (Lipinski definition) is 0. The van der Waals surface area contributed by atoms with Gasteiger partial charge >= 0.3 is 29.6 Å². The van der Waals surface area contributed by atoms with E-state index in [4.69, 9.17) is 4.74 Å². The maximum Gasteiger partial charge on any atom is 1.00 e. The third kappa shape index (κ3) is 12.5. The Kier molecular flexibility index (Phi) is 15.7. The molecule has 4 nitrogen and oxygen atoms in total. The minimum atomic E-state index is -4.30. The maximum absolute atomic E-state index is 11.2. The summed E-state index contributed by atoms with van der Waals surface area (Å²) in [7, 11) is -4.30. The molecule has 1 unspecified atom stereocenters. The predicted octanol–water partition coefficient (Wildman–Crippen LogP) is 2.64. The van der Waals surface area contributed by atoms with Crippen molar-refractivity contribution in [2.75, 3.05) is 5.75 Å². The molecule has 1 atom stereocenters. The van der Waals surface area contributed by atoms with Crippen molar-refractivity contribution in [2.45, 2.75) is 97.5 Å². The summed E-state index contributed by atoms with van der Waals surface area (Å²) in [5.41, 5.74) is 2.34. The standard InChI is InChI=1S/C22H38O4S.Na/c1-4-7-9-11-13-19-15-16-20(14-12-10-8-5-2)22(17-19)26-21(6-3)18-27(23,24)25;/h15-17,21H,4-14,18H2,1-3H3,(H,23,24,25);/q;+1/p-1. The van der Waals surface area contributed by atoms with Crippen LogP contribution in [0.2, 0.25) is 0 Å². The molecule has 0 spiro atoms. The van der Waals surface area contributed by atoms with Gasteiger partial charge in [-0.05, 0) is 49.3 Å². The molecule has 0 aliphatic heterocycles. The molecule has 0 aliphatic rings. The van der Waals surface area contributed by atoms with Gasteiger partial charge in [-0.1, -0.05) is 71.4 Å². The van der Waals surface area contributed by atoms with E-state index in [1.807, 2.05) is 6.92 Å². The first-order chi connectivity index (χ1) is 12.9. The van der Waals surface area contributed by atoms with Crippen molar-refractivity contribution in [3.63, 3.8) is 0 Å². The first-order valence-electron chi connectivity index (χ1n) is 10.6. The maximum atomic E-state index is 11.2. The average Bonchev–Trinajstić information content (AvgIpc) is 2.62. The number of ether oxygens (including phenoxy) is 1. The Hall–Kier alpha value is -0.0700. The zero-order valence-corrected chi connectivity index (χ0v) is 21.2. The molecule has 0 N–H and O–H groups in total. The fourth-order valence-corrected chi connectivity index (χ4v) is 3.97. The second-order valence-corrected chi connectivity index (χ2v) is 8.88. The van der Waals surface area contributed by atoms with E-state index in [0.717, 1.165) is 37.0 Å². The molecule has 1 rings (SSSR count). The molecule has 0 bridgehead atoms. The van der Waals surface area contributed by atoms with Gasteiger partial charge < -0.3 is 9.29 Å². The Bertz CT molecular complexity index is 631. The quantitative estimate of drug-likeness (QED) is 0.249. The van der Waals surface area contributed by atoms with E-state index in [1.165, 1.54) is 44.1 Å². The van der Waals surface area contributed by atoms with Crippen LogP contribution >= 0.6 is 0 Å². The van der Waals surface area contributed by atoms with Gasteiger partial charge in [0, 0.05) is 0 Å². The van der Waals surface area contributed by atoms with Crippen molar-refractivity contribution in [3.8, 4) is 5.75 Å². The second kappa shape index (κ2) is 15.7. The zero-order valence-electron chi connectivity index (χ0n) is 18.3. The molecular formula is C22H37NaO4S. The number of rotatable bonds is 15. The average molecular weight is 421 g/mol. The fourth-order valence-electron chi connectivity index (χ4n) is 3.21. The summed E-state index contributed by atoms with van der Waals surface area (Å²) in [5.74, 6) is 0.287.